The molecule has 0 aliphatic carbocycles. The number of nitrogens with one attached hydrogen (secondary N) is 1. The summed E-state index contributed by atoms with van der Waals surface area (Å²) in [5.74, 6) is -0.325. The lowest BCUT2D eigenvalue weighted by molar-refractivity contribution is -0.119. The van der Waals surface area contributed by atoms with Gasteiger partial charge in [-0.3, -0.25) is 4.79 Å². The third kappa shape index (κ3) is 3.80. The fourth-order valence-corrected chi connectivity index (χ4v) is 2.44. The molecule has 0 aliphatic heterocycles. The molecule has 0 spiro atoms. The Kier molecular flexibility index (Phi) is 4.70. The van der Waals surface area contributed by atoms with E-state index in [2.05, 4.69) is 15.4 Å². The van der Waals surface area contributed by atoms with Crippen molar-refractivity contribution in [3.63, 3.8) is 0 Å². The molecule has 126 valence electrons. The van der Waals surface area contributed by atoms with Gasteiger partial charge in [-0.05, 0) is 31.5 Å². The fourth-order valence-electron chi connectivity index (χ4n) is 2.44. The largest absolute Gasteiger partial charge is 0.365 e. The lowest BCUT2D eigenvalue weighted by Gasteiger charge is -2.14. The van der Waals surface area contributed by atoms with Crippen molar-refractivity contribution < 1.29 is 4.79 Å². The Labute approximate surface area is 145 Å². The Balaban J connectivity index is 1.81. The highest BCUT2D eigenvalue weighted by Gasteiger charge is 2.18. The number of carbonyl (C=O) groups is 1. The van der Waals surface area contributed by atoms with E-state index < -0.39 is 11.7 Å². The number of amides is 1. The highest BCUT2D eigenvalue weighted by molar-refractivity contribution is 5.93. The second-order valence-corrected chi connectivity index (χ2v) is 5.77. The van der Waals surface area contributed by atoms with Crippen LogP contribution in [0.3, 0.4) is 0 Å². The molecule has 6 nitrogen and oxygen atoms in total. The minimum absolute atomic E-state index is 0.325. The fraction of sp³-hybridized carbons (Fsp3) is 0.158. The van der Waals surface area contributed by atoms with Gasteiger partial charge in [-0.25, -0.2) is 9.48 Å². The number of carbonyl (C=O) groups excluding carboxylic acids is 1. The Morgan fingerprint density at radius 2 is 1.88 bits per heavy atom. The average Bonchev–Trinajstić information content (AvgIpc) is 2.62. The number of hydrogen-bond donors (Lipinski definition) is 1. The molecule has 3 aromatic rings. The zero-order valence-corrected chi connectivity index (χ0v) is 14.0. The molecule has 0 bridgehead atoms. The van der Waals surface area contributed by atoms with E-state index >= 15 is 0 Å². The van der Waals surface area contributed by atoms with Crippen LogP contribution in [0.4, 0.5) is 5.69 Å². The SMILES string of the molecule is Cc1cccc(NC(=O)C(C)n2ncc(-c3ccccc3)nc2=O)c1. The van der Waals surface area contributed by atoms with Gasteiger partial charge in [0, 0.05) is 11.3 Å². The molecule has 3 rings (SSSR count). The van der Waals surface area contributed by atoms with E-state index in [1.807, 2.05) is 55.5 Å². The molecule has 25 heavy (non-hydrogen) atoms. The first kappa shape index (κ1) is 16.6. The average molecular weight is 334 g/mol. The van der Waals surface area contributed by atoms with Crippen LogP contribution in [-0.2, 0) is 4.79 Å². The van der Waals surface area contributed by atoms with Gasteiger partial charge in [-0.15, -0.1) is 0 Å². The second kappa shape index (κ2) is 7.09. The molecule has 1 heterocycles. The van der Waals surface area contributed by atoms with Gasteiger partial charge in [0.2, 0.25) is 5.91 Å². The van der Waals surface area contributed by atoms with Crippen LogP contribution in [0.5, 0.6) is 0 Å². The van der Waals surface area contributed by atoms with Gasteiger partial charge < -0.3 is 5.32 Å². The summed E-state index contributed by atoms with van der Waals surface area (Å²) in [6, 6.07) is 16.0. The quantitative estimate of drug-likeness (QED) is 0.796. The number of rotatable bonds is 4. The molecule has 1 N–H and O–H groups in total. The van der Waals surface area contributed by atoms with Crippen LogP contribution in [0, 0.1) is 6.92 Å². The number of anilines is 1. The van der Waals surface area contributed by atoms with E-state index in [1.54, 1.807) is 13.0 Å². The van der Waals surface area contributed by atoms with E-state index in [-0.39, 0.29) is 5.91 Å². The number of aryl methyl sites for hydroxylation is 1. The molecule has 2 aromatic carbocycles. The van der Waals surface area contributed by atoms with Crippen molar-refractivity contribution >= 4 is 11.6 Å². The van der Waals surface area contributed by atoms with Crippen molar-refractivity contribution in [3.8, 4) is 11.3 Å². The highest BCUT2D eigenvalue weighted by atomic mass is 16.2. The molecule has 0 aliphatic rings. The molecule has 1 unspecified atom stereocenters. The van der Waals surface area contributed by atoms with E-state index in [0.717, 1.165) is 15.8 Å². The van der Waals surface area contributed by atoms with Crippen molar-refractivity contribution in [1.29, 1.82) is 0 Å². The van der Waals surface area contributed by atoms with Crippen LogP contribution >= 0.6 is 0 Å². The van der Waals surface area contributed by atoms with Gasteiger partial charge in [0.25, 0.3) is 0 Å². The number of aromatic nitrogens is 3. The van der Waals surface area contributed by atoms with Gasteiger partial charge in [0.05, 0.1) is 11.9 Å². The third-order valence-electron chi connectivity index (χ3n) is 3.82. The number of nitrogens with zero attached hydrogens (tertiary/aromatic N) is 3. The van der Waals surface area contributed by atoms with E-state index in [4.69, 9.17) is 0 Å². The Hall–Kier alpha value is -3.28. The molecule has 1 aromatic heterocycles. The summed E-state index contributed by atoms with van der Waals surface area (Å²) in [4.78, 5) is 28.7. The maximum absolute atomic E-state index is 12.4. The van der Waals surface area contributed by atoms with Gasteiger partial charge >= 0.3 is 5.69 Å². The van der Waals surface area contributed by atoms with Crippen LogP contribution in [0.2, 0.25) is 0 Å². The Bertz CT molecular complexity index is 951. The predicted molar refractivity (Wildman–Crippen MR) is 96.2 cm³/mol. The number of hydrogen-bond acceptors (Lipinski definition) is 4. The van der Waals surface area contributed by atoms with Crippen LogP contribution in [0.15, 0.2) is 65.6 Å². The molecule has 1 amide bonds. The van der Waals surface area contributed by atoms with Crippen molar-refractivity contribution in [2.24, 2.45) is 0 Å². The Morgan fingerprint density at radius 1 is 1.12 bits per heavy atom. The summed E-state index contributed by atoms with van der Waals surface area (Å²) in [6.45, 7) is 3.56. The lowest BCUT2D eigenvalue weighted by Crippen LogP contribution is -2.34. The summed E-state index contributed by atoms with van der Waals surface area (Å²) in [5, 5.41) is 6.90. The normalized spacial score (nSPS) is 11.8. The topological polar surface area (TPSA) is 76.9 Å². The van der Waals surface area contributed by atoms with Crippen LogP contribution < -0.4 is 11.0 Å². The van der Waals surface area contributed by atoms with Crippen molar-refractivity contribution in [1.82, 2.24) is 14.8 Å². The number of benzene rings is 2. The first-order valence-corrected chi connectivity index (χ1v) is 7.93. The standard InChI is InChI=1S/C19H18N4O2/c1-13-7-6-10-16(11-13)21-18(24)14(2)23-19(25)22-17(12-20-23)15-8-4-3-5-9-15/h3-12,14H,1-2H3,(H,21,24). The molecule has 0 saturated carbocycles. The van der Waals surface area contributed by atoms with Crippen LogP contribution in [0.25, 0.3) is 11.3 Å². The zero-order valence-electron chi connectivity index (χ0n) is 14.0. The second-order valence-electron chi connectivity index (χ2n) is 5.77. The molecule has 0 fully saturated rings. The molecule has 6 heteroatoms. The maximum Gasteiger partial charge on any atom is 0.365 e. The van der Waals surface area contributed by atoms with Gasteiger partial charge in [-0.1, -0.05) is 42.5 Å². The van der Waals surface area contributed by atoms with Gasteiger partial charge in [-0.2, -0.15) is 10.1 Å². The zero-order chi connectivity index (χ0) is 17.8. The van der Waals surface area contributed by atoms with Crippen molar-refractivity contribution in [2.75, 3.05) is 5.32 Å². The van der Waals surface area contributed by atoms with E-state index in [9.17, 15) is 9.59 Å². The highest BCUT2D eigenvalue weighted by Crippen LogP contribution is 2.15. The van der Waals surface area contributed by atoms with Gasteiger partial charge in [0.1, 0.15) is 6.04 Å². The summed E-state index contributed by atoms with van der Waals surface area (Å²) < 4.78 is 1.08. The minimum Gasteiger partial charge on any atom is -0.324 e. The van der Waals surface area contributed by atoms with Gasteiger partial charge in [0.15, 0.2) is 0 Å². The van der Waals surface area contributed by atoms with Crippen molar-refractivity contribution in [3.05, 3.63) is 76.8 Å². The van der Waals surface area contributed by atoms with Crippen LogP contribution in [-0.4, -0.2) is 20.7 Å². The first-order chi connectivity index (χ1) is 12.0. The van der Waals surface area contributed by atoms with E-state index in [1.165, 1.54) is 6.20 Å². The molecular formula is C19H18N4O2. The predicted octanol–water partition coefficient (Wildman–Crippen LogP) is 2.81. The van der Waals surface area contributed by atoms with Crippen molar-refractivity contribution in [2.45, 2.75) is 19.9 Å². The monoisotopic (exact) mass is 334 g/mol. The minimum atomic E-state index is -0.773. The lowest BCUT2D eigenvalue weighted by atomic mass is 10.2. The van der Waals surface area contributed by atoms with Crippen LogP contribution in [0.1, 0.15) is 18.5 Å². The Morgan fingerprint density at radius 3 is 2.56 bits per heavy atom. The molecule has 1 atom stereocenters. The summed E-state index contributed by atoms with van der Waals surface area (Å²) in [6.07, 6.45) is 1.49. The summed E-state index contributed by atoms with van der Waals surface area (Å²) in [5.41, 5.74) is 2.44. The maximum atomic E-state index is 12.4. The first-order valence-electron chi connectivity index (χ1n) is 7.93. The molecule has 0 saturated heterocycles. The smallest absolute Gasteiger partial charge is 0.324 e. The molecular weight excluding hydrogens is 316 g/mol. The van der Waals surface area contributed by atoms with E-state index in [0.29, 0.717) is 11.4 Å². The third-order valence-corrected chi connectivity index (χ3v) is 3.82. The molecule has 0 radical (unpaired) electrons. The summed E-state index contributed by atoms with van der Waals surface area (Å²) >= 11 is 0. The summed E-state index contributed by atoms with van der Waals surface area (Å²) in [7, 11) is 0.